The molecule has 0 saturated heterocycles. The van der Waals surface area contributed by atoms with Crippen LogP contribution in [0.15, 0.2) is 54.6 Å². The molecule has 0 atom stereocenters. The third kappa shape index (κ3) is 2.60. The molecule has 0 radical (unpaired) electrons. The highest BCUT2D eigenvalue weighted by atomic mass is 35.5. The van der Waals surface area contributed by atoms with E-state index in [9.17, 15) is 4.79 Å². The zero-order valence-corrected chi connectivity index (χ0v) is 15.2. The van der Waals surface area contributed by atoms with Crippen LogP contribution >= 0.6 is 11.6 Å². The van der Waals surface area contributed by atoms with E-state index >= 15 is 0 Å². The zero-order valence-electron chi connectivity index (χ0n) is 14.5. The van der Waals surface area contributed by atoms with Gasteiger partial charge in [0.15, 0.2) is 5.78 Å². The molecule has 3 aliphatic carbocycles. The summed E-state index contributed by atoms with van der Waals surface area (Å²) >= 11 is 6.59. The lowest BCUT2D eigenvalue weighted by molar-refractivity contribution is 0.0898. The third-order valence-corrected chi connectivity index (χ3v) is 6.28. The molecule has 0 aromatic heterocycles. The predicted octanol–water partition coefficient (Wildman–Crippen LogP) is 6.71. The summed E-state index contributed by atoms with van der Waals surface area (Å²) in [6.07, 6.45) is 4.25. The Labute approximate surface area is 158 Å². The lowest BCUT2D eigenvalue weighted by Gasteiger charge is -2.22. The maximum Gasteiger partial charge on any atom is 0.166 e. The average Bonchev–Trinajstić information content (AvgIpc) is 2.87. The maximum atomic E-state index is 12.9. The van der Waals surface area contributed by atoms with Crippen LogP contribution in [0.5, 0.6) is 0 Å². The van der Waals surface area contributed by atoms with Crippen LogP contribution in [0.2, 0.25) is 5.02 Å². The first-order chi connectivity index (χ1) is 12.7. The van der Waals surface area contributed by atoms with E-state index in [1.54, 1.807) is 0 Å². The molecule has 3 heteroatoms. The highest BCUT2D eigenvalue weighted by Gasteiger charge is 2.35. The van der Waals surface area contributed by atoms with Gasteiger partial charge in [-0.1, -0.05) is 41.9 Å². The summed E-state index contributed by atoms with van der Waals surface area (Å²) in [5.41, 5.74) is 3.83. The summed E-state index contributed by atoms with van der Waals surface area (Å²) in [4.78, 5) is 12.9. The predicted molar refractivity (Wildman–Crippen MR) is 108 cm³/mol. The number of hydrogen-bond donors (Lipinski definition) is 1. The summed E-state index contributed by atoms with van der Waals surface area (Å²) in [6, 6.07) is 18.5. The first kappa shape index (κ1) is 15.9. The number of Topliss-reactive ketones (excluding diaryl/α,β-unsaturated/α-hetero) is 1. The fourth-order valence-electron chi connectivity index (χ4n) is 4.54. The molecule has 0 amide bonds. The average molecular weight is 362 g/mol. The van der Waals surface area contributed by atoms with Gasteiger partial charge in [0.1, 0.15) is 0 Å². The van der Waals surface area contributed by atoms with E-state index in [4.69, 9.17) is 11.6 Å². The summed E-state index contributed by atoms with van der Waals surface area (Å²) in [6.45, 7) is 0. The molecule has 26 heavy (non-hydrogen) atoms. The van der Waals surface area contributed by atoms with Gasteiger partial charge in [-0.2, -0.15) is 0 Å². The van der Waals surface area contributed by atoms with Gasteiger partial charge in [-0.05, 0) is 72.2 Å². The number of carbonyl (C=O) groups excluding carboxylic acids is 1. The van der Waals surface area contributed by atoms with Gasteiger partial charge in [0, 0.05) is 17.2 Å². The second-order valence-electron chi connectivity index (χ2n) is 7.52. The Bertz CT molecular complexity index is 1020. The number of fused-ring (bicyclic) bond motifs is 3. The standard InChI is InChI=1S/C23H20ClNO/c24-21-12-19-15-5-7-16(8-6-15)23(26)20(19)13-22(21)25-18-10-9-14-3-1-2-4-17(14)11-18/h1-4,9-13,15-16,25H,5-8H2. The Kier molecular flexibility index (Phi) is 3.75. The Morgan fingerprint density at radius 1 is 0.846 bits per heavy atom. The van der Waals surface area contributed by atoms with Gasteiger partial charge in [0.25, 0.3) is 0 Å². The number of anilines is 2. The quantitative estimate of drug-likeness (QED) is 0.549. The molecule has 6 rings (SSSR count). The molecular weight excluding hydrogens is 342 g/mol. The van der Waals surface area contributed by atoms with Crippen LogP contribution in [-0.4, -0.2) is 5.78 Å². The molecule has 0 unspecified atom stereocenters. The lowest BCUT2D eigenvalue weighted by Crippen LogP contribution is -2.15. The van der Waals surface area contributed by atoms with Gasteiger partial charge >= 0.3 is 0 Å². The van der Waals surface area contributed by atoms with E-state index in [1.807, 2.05) is 24.3 Å². The van der Waals surface area contributed by atoms with Gasteiger partial charge in [-0.15, -0.1) is 0 Å². The maximum absolute atomic E-state index is 12.9. The topological polar surface area (TPSA) is 29.1 Å². The first-order valence-electron chi connectivity index (χ1n) is 9.32. The van der Waals surface area contributed by atoms with Crippen molar-refractivity contribution in [1.82, 2.24) is 0 Å². The zero-order chi connectivity index (χ0) is 17.7. The normalized spacial score (nSPS) is 21.5. The van der Waals surface area contributed by atoms with E-state index in [0.717, 1.165) is 48.2 Å². The number of ketones is 1. The minimum Gasteiger partial charge on any atom is -0.354 e. The van der Waals surface area contributed by atoms with Gasteiger partial charge < -0.3 is 5.32 Å². The monoisotopic (exact) mass is 361 g/mol. The van der Waals surface area contributed by atoms with Crippen LogP contribution in [0.3, 0.4) is 0 Å². The Morgan fingerprint density at radius 3 is 2.38 bits per heavy atom. The molecule has 3 aromatic carbocycles. The van der Waals surface area contributed by atoms with Crippen molar-refractivity contribution < 1.29 is 4.79 Å². The van der Waals surface area contributed by atoms with Gasteiger partial charge in [0.2, 0.25) is 0 Å². The lowest BCUT2D eigenvalue weighted by atomic mass is 9.82. The van der Waals surface area contributed by atoms with Crippen molar-refractivity contribution in [2.45, 2.75) is 31.6 Å². The van der Waals surface area contributed by atoms with Crippen molar-refractivity contribution in [3.8, 4) is 0 Å². The number of nitrogens with one attached hydrogen (secondary N) is 1. The number of benzene rings is 3. The van der Waals surface area contributed by atoms with Crippen molar-refractivity contribution >= 4 is 39.5 Å². The van der Waals surface area contributed by atoms with Crippen molar-refractivity contribution in [2.75, 3.05) is 5.32 Å². The molecule has 3 aliphatic rings. The first-order valence-corrected chi connectivity index (χ1v) is 9.70. The molecular formula is C23H20ClNO. The molecule has 2 bridgehead atoms. The molecule has 130 valence electrons. The molecule has 2 nitrogen and oxygen atoms in total. The smallest absolute Gasteiger partial charge is 0.166 e. The molecule has 1 fully saturated rings. The highest BCUT2D eigenvalue weighted by molar-refractivity contribution is 6.33. The molecule has 1 saturated carbocycles. The number of rotatable bonds is 2. The van der Waals surface area contributed by atoms with Gasteiger partial charge in [-0.3, -0.25) is 4.79 Å². The minimum absolute atomic E-state index is 0.196. The summed E-state index contributed by atoms with van der Waals surface area (Å²) in [7, 11) is 0. The van der Waals surface area contributed by atoms with Crippen molar-refractivity contribution in [1.29, 1.82) is 0 Å². The fraction of sp³-hybridized carbons (Fsp3) is 0.261. The van der Waals surface area contributed by atoms with Gasteiger partial charge in [0.05, 0.1) is 10.7 Å². The van der Waals surface area contributed by atoms with Crippen molar-refractivity contribution in [2.24, 2.45) is 5.92 Å². The highest BCUT2D eigenvalue weighted by Crippen LogP contribution is 2.45. The third-order valence-electron chi connectivity index (χ3n) is 5.97. The Morgan fingerprint density at radius 2 is 1.58 bits per heavy atom. The fourth-order valence-corrected chi connectivity index (χ4v) is 4.76. The van der Waals surface area contributed by atoms with E-state index < -0.39 is 0 Å². The summed E-state index contributed by atoms with van der Waals surface area (Å²) in [5.74, 6) is 0.986. The number of halogens is 1. The Balaban J connectivity index is 1.55. The number of carbonyl (C=O) groups is 1. The van der Waals surface area contributed by atoms with Crippen molar-refractivity contribution in [3.63, 3.8) is 0 Å². The van der Waals surface area contributed by atoms with Gasteiger partial charge in [-0.25, -0.2) is 0 Å². The van der Waals surface area contributed by atoms with Crippen LogP contribution in [0, 0.1) is 5.92 Å². The van der Waals surface area contributed by atoms with Crippen LogP contribution in [0.25, 0.3) is 10.8 Å². The second kappa shape index (κ2) is 6.14. The molecule has 3 aromatic rings. The molecule has 0 heterocycles. The van der Waals surface area contributed by atoms with Crippen LogP contribution in [0.1, 0.15) is 47.5 Å². The minimum atomic E-state index is 0.196. The molecule has 1 N–H and O–H groups in total. The van der Waals surface area contributed by atoms with Crippen LogP contribution in [0.4, 0.5) is 11.4 Å². The molecule has 0 spiro atoms. The van der Waals surface area contributed by atoms with E-state index in [-0.39, 0.29) is 5.92 Å². The molecule has 0 aliphatic heterocycles. The summed E-state index contributed by atoms with van der Waals surface area (Å²) in [5, 5.41) is 6.50. The van der Waals surface area contributed by atoms with Crippen molar-refractivity contribution in [3.05, 3.63) is 70.7 Å². The van der Waals surface area contributed by atoms with Crippen LogP contribution < -0.4 is 5.32 Å². The van der Waals surface area contributed by atoms with E-state index in [2.05, 4.69) is 35.6 Å². The number of hydrogen-bond acceptors (Lipinski definition) is 2. The Hall–Kier alpha value is -2.32. The van der Waals surface area contributed by atoms with E-state index in [0.29, 0.717) is 16.7 Å². The van der Waals surface area contributed by atoms with E-state index in [1.165, 1.54) is 10.8 Å². The SMILES string of the molecule is O=C1c2cc(Nc3ccc4ccccc4c3)c(Cl)cc2C2CCC1CC2. The largest absolute Gasteiger partial charge is 0.354 e. The summed E-state index contributed by atoms with van der Waals surface area (Å²) < 4.78 is 0. The van der Waals surface area contributed by atoms with Crippen LogP contribution in [-0.2, 0) is 0 Å². The second-order valence-corrected chi connectivity index (χ2v) is 7.93.